The van der Waals surface area contributed by atoms with Crippen molar-refractivity contribution < 1.29 is 18.7 Å². The number of methoxy groups -OCH3 is 1. The van der Waals surface area contributed by atoms with Gasteiger partial charge in [-0.25, -0.2) is 9.18 Å². The van der Waals surface area contributed by atoms with E-state index in [0.717, 1.165) is 11.1 Å². The van der Waals surface area contributed by atoms with Crippen LogP contribution < -0.4 is 4.74 Å². The Morgan fingerprint density at radius 1 is 1.04 bits per heavy atom. The number of hydrogen-bond acceptors (Lipinski definition) is 3. The zero-order valence-electron chi connectivity index (χ0n) is 13.6. The van der Waals surface area contributed by atoms with Crippen LogP contribution in [0, 0.1) is 5.82 Å². The van der Waals surface area contributed by atoms with Crippen LogP contribution in [0.2, 0.25) is 0 Å². The molecule has 0 bridgehead atoms. The third kappa shape index (κ3) is 6.78. The lowest BCUT2D eigenvalue weighted by Crippen LogP contribution is -1.95. The van der Waals surface area contributed by atoms with Gasteiger partial charge in [0.2, 0.25) is 0 Å². The molecule has 0 aliphatic carbocycles. The average Bonchev–Trinajstić information content (AvgIpc) is 2.61. The van der Waals surface area contributed by atoms with E-state index in [-0.39, 0.29) is 5.82 Å². The van der Waals surface area contributed by atoms with Crippen molar-refractivity contribution in [1.82, 2.24) is 0 Å². The van der Waals surface area contributed by atoms with E-state index in [0.29, 0.717) is 12.4 Å². The van der Waals surface area contributed by atoms with Gasteiger partial charge in [-0.05, 0) is 41.5 Å². The lowest BCUT2D eigenvalue weighted by Gasteiger charge is -2.06. The molecule has 0 saturated heterocycles. The molecule has 0 amide bonds. The summed E-state index contributed by atoms with van der Waals surface area (Å²) in [6.45, 7) is 4.37. The van der Waals surface area contributed by atoms with Crippen molar-refractivity contribution in [3.05, 3.63) is 71.6 Å². The first-order valence-corrected chi connectivity index (χ1v) is 7.41. The Morgan fingerprint density at radius 3 is 2.22 bits per heavy atom. The number of ether oxygens (including phenoxy) is 2. The largest absolute Gasteiger partial charge is 0.489 e. The van der Waals surface area contributed by atoms with Crippen molar-refractivity contribution in [1.29, 1.82) is 0 Å². The van der Waals surface area contributed by atoms with Crippen LogP contribution in [-0.4, -0.2) is 13.1 Å². The molecule has 0 aliphatic heterocycles. The zero-order valence-corrected chi connectivity index (χ0v) is 13.6. The minimum absolute atomic E-state index is 0.263. The molecule has 0 N–H and O–H groups in total. The quantitative estimate of drug-likeness (QED) is 0.596. The second-order valence-electron chi connectivity index (χ2n) is 4.34. The fourth-order valence-electron chi connectivity index (χ4n) is 1.65. The molecule has 0 aliphatic rings. The van der Waals surface area contributed by atoms with Gasteiger partial charge in [0.1, 0.15) is 18.2 Å². The molecule has 2 rings (SSSR count). The average molecular weight is 316 g/mol. The number of carbonyl (C=O) groups excluding carboxylic acids is 1. The van der Waals surface area contributed by atoms with Gasteiger partial charge in [0.15, 0.2) is 0 Å². The maximum atomic E-state index is 12.8. The zero-order chi connectivity index (χ0) is 17.1. The van der Waals surface area contributed by atoms with E-state index < -0.39 is 5.97 Å². The highest BCUT2D eigenvalue weighted by molar-refractivity contribution is 5.86. The van der Waals surface area contributed by atoms with Gasteiger partial charge in [-0.15, -0.1) is 0 Å². The summed E-state index contributed by atoms with van der Waals surface area (Å²) in [6.07, 6.45) is 3.02. The molecule has 23 heavy (non-hydrogen) atoms. The predicted octanol–water partition coefficient (Wildman–Crippen LogP) is 4.62. The van der Waals surface area contributed by atoms with Crippen LogP contribution >= 0.6 is 0 Å². The topological polar surface area (TPSA) is 35.5 Å². The van der Waals surface area contributed by atoms with Crippen LogP contribution in [0.5, 0.6) is 5.75 Å². The lowest BCUT2D eigenvalue weighted by atomic mass is 10.2. The minimum Gasteiger partial charge on any atom is -0.489 e. The minimum atomic E-state index is -0.397. The standard InChI is InChI=1S/C17H15FO3.C2H6/c1-20-17(19)11-6-13-4-9-16(10-5-13)21-12-14-2-7-15(18)8-3-14;1-2/h2-11H,12H2,1H3;1-2H3/b11-6+;. The second-order valence-corrected chi connectivity index (χ2v) is 4.34. The Hall–Kier alpha value is -2.62. The van der Waals surface area contributed by atoms with E-state index in [9.17, 15) is 9.18 Å². The van der Waals surface area contributed by atoms with Gasteiger partial charge in [0.05, 0.1) is 7.11 Å². The van der Waals surface area contributed by atoms with Crippen molar-refractivity contribution in [3.8, 4) is 5.75 Å². The number of halogens is 1. The fraction of sp³-hybridized carbons (Fsp3) is 0.211. The number of carbonyl (C=O) groups is 1. The summed E-state index contributed by atoms with van der Waals surface area (Å²) in [5.41, 5.74) is 1.76. The molecule has 122 valence electrons. The molecular formula is C19H21FO3. The third-order valence-corrected chi connectivity index (χ3v) is 2.81. The molecule has 4 heteroatoms. The van der Waals surface area contributed by atoms with Crippen LogP contribution in [0.15, 0.2) is 54.6 Å². The van der Waals surface area contributed by atoms with E-state index in [1.807, 2.05) is 26.0 Å². The smallest absolute Gasteiger partial charge is 0.330 e. The van der Waals surface area contributed by atoms with Gasteiger partial charge in [-0.1, -0.05) is 38.1 Å². The van der Waals surface area contributed by atoms with Crippen LogP contribution in [0.1, 0.15) is 25.0 Å². The number of hydrogen-bond donors (Lipinski definition) is 0. The highest BCUT2D eigenvalue weighted by atomic mass is 19.1. The van der Waals surface area contributed by atoms with E-state index in [1.54, 1.807) is 30.3 Å². The normalized spacial score (nSPS) is 9.91. The molecule has 2 aromatic rings. The van der Waals surface area contributed by atoms with Gasteiger partial charge in [0, 0.05) is 6.08 Å². The molecule has 0 spiro atoms. The SMILES string of the molecule is CC.COC(=O)/C=C/c1ccc(OCc2ccc(F)cc2)cc1. The van der Waals surface area contributed by atoms with Gasteiger partial charge in [0.25, 0.3) is 0 Å². The number of esters is 1. The summed E-state index contributed by atoms with van der Waals surface area (Å²) in [5.74, 6) is 0.0432. The second kappa shape index (κ2) is 10.2. The first kappa shape index (κ1) is 18.4. The Labute approximate surface area is 136 Å². The molecular weight excluding hydrogens is 295 g/mol. The summed E-state index contributed by atoms with van der Waals surface area (Å²) in [7, 11) is 1.33. The molecule has 0 fully saturated rings. The summed E-state index contributed by atoms with van der Waals surface area (Å²) in [5, 5.41) is 0. The predicted molar refractivity (Wildman–Crippen MR) is 89.6 cm³/mol. The summed E-state index contributed by atoms with van der Waals surface area (Å²) < 4.78 is 22.9. The lowest BCUT2D eigenvalue weighted by molar-refractivity contribution is -0.134. The van der Waals surface area contributed by atoms with E-state index in [2.05, 4.69) is 4.74 Å². The van der Waals surface area contributed by atoms with Crippen molar-refractivity contribution in [2.24, 2.45) is 0 Å². The van der Waals surface area contributed by atoms with Gasteiger partial charge >= 0.3 is 5.97 Å². The van der Waals surface area contributed by atoms with Gasteiger partial charge < -0.3 is 9.47 Å². The third-order valence-electron chi connectivity index (χ3n) is 2.81. The molecule has 0 aromatic heterocycles. The Morgan fingerprint density at radius 2 is 1.65 bits per heavy atom. The van der Waals surface area contributed by atoms with Crippen LogP contribution in [-0.2, 0) is 16.1 Å². The molecule has 0 saturated carbocycles. The maximum Gasteiger partial charge on any atom is 0.330 e. The van der Waals surface area contributed by atoms with Crippen molar-refractivity contribution in [3.63, 3.8) is 0 Å². The highest BCUT2D eigenvalue weighted by Crippen LogP contribution is 2.15. The maximum absolute atomic E-state index is 12.8. The fourth-order valence-corrected chi connectivity index (χ4v) is 1.65. The van der Waals surface area contributed by atoms with Crippen molar-refractivity contribution in [2.45, 2.75) is 20.5 Å². The summed E-state index contributed by atoms with van der Waals surface area (Å²) >= 11 is 0. The van der Waals surface area contributed by atoms with Crippen molar-refractivity contribution >= 4 is 12.0 Å². The van der Waals surface area contributed by atoms with E-state index >= 15 is 0 Å². The number of rotatable bonds is 5. The first-order chi connectivity index (χ1) is 11.2. The first-order valence-electron chi connectivity index (χ1n) is 7.41. The molecule has 0 atom stereocenters. The number of benzene rings is 2. The molecule has 0 radical (unpaired) electrons. The van der Waals surface area contributed by atoms with Crippen LogP contribution in [0.3, 0.4) is 0 Å². The van der Waals surface area contributed by atoms with Crippen LogP contribution in [0.25, 0.3) is 6.08 Å². The molecule has 0 unspecified atom stereocenters. The summed E-state index contributed by atoms with van der Waals surface area (Å²) in [4.78, 5) is 11.0. The van der Waals surface area contributed by atoms with Gasteiger partial charge in [-0.3, -0.25) is 0 Å². The molecule has 2 aromatic carbocycles. The Kier molecular flexibility index (Phi) is 8.14. The van der Waals surface area contributed by atoms with Crippen molar-refractivity contribution in [2.75, 3.05) is 7.11 Å². The Bertz CT molecular complexity index is 616. The molecule has 3 nitrogen and oxygen atoms in total. The van der Waals surface area contributed by atoms with Gasteiger partial charge in [-0.2, -0.15) is 0 Å². The van der Waals surface area contributed by atoms with E-state index in [1.165, 1.54) is 25.3 Å². The summed E-state index contributed by atoms with van der Waals surface area (Å²) in [6, 6.07) is 13.4. The molecule has 0 heterocycles. The highest BCUT2D eigenvalue weighted by Gasteiger charge is 1.98. The van der Waals surface area contributed by atoms with Crippen LogP contribution in [0.4, 0.5) is 4.39 Å². The Balaban J connectivity index is 0.00000127. The van der Waals surface area contributed by atoms with E-state index in [4.69, 9.17) is 4.74 Å². The monoisotopic (exact) mass is 316 g/mol.